The SMILES string of the molecule is COC(=O)n1cc(CC#N)c2c(Br)cccc21. The van der Waals surface area contributed by atoms with Crippen LogP contribution in [0.5, 0.6) is 0 Å². The Morgan fingerprint density at radius 1 is 1.59 bits per heavy atom. The molecule has 1 heterocycles. The highest BCUT2D eigenvalue weighted by atomic mass is 79.9. The third kappa shape index (κ3) is 1.92. The Morgan fingerprint density at radius 2 is 2.35 bits per heavy atom. The number of aromatic nitrogens is 1. The van der Waals surface area contributed by atoms with Gasteiger partial charge in [0.25, 0.3) is 0 Å². The third-order valence-electron chi connectivity index (χ3n) is 2.50. The second-order valence-corrected chi connectivity index (χ2v) is 4.32. The number of methoxy groups -OCH3 is 1. The minimum absolute atomic E-state index is 0.253. The first-order valence-electron chi connectivity index (χ1n) is 4.92. The van der Waals surface area contributed by atoms with E-state index in [9.17, 15) is 4.79 Å². The third-order valence-corrected chi connectivity index (χ3v) is 3.16. The molecule has 1 aromatic carbocycles. The van der Waals surface area contributed by atoms with Crippen molar-refractivity contribution in [1.29, 1.82) is 5.26 Å². The van der Waals surface area contributed by atoms with E-state index in [0.717, 1.165) is 20.9 Å². The van der Waals surface area contributed by atoms with Gasteiger partial charge < -0.3 is 4.74 Å². The molecule has 1 aromatic heterocycles. The van der Waals surface area contributed by atoms with Crippen LogP contribution in [0.2, 0.25) is 0 Å². The molecular weight excluding hydrogens is 284 g/mol. The van der Waals surface area contributed by atoms with Crippen LogP contribution in [0.4, 0.5) is 4.79 Å². The van der Waals surface area contributed by atoms with E-state index in [-0.39, 0.29) is 6.42 Å². The van der Waals surface area contributed by atoms with Gasteiger partial charge in [-0.05, 0) is 17.7 Å². The predicted octanol–water partition coefficient (Wildman–Crippen LogP) is 3.08. The molecule has 0 unspecified atom stereocenters. The minimum atomic E-state index is -0.461. The number of hydrogen-bond acceptors (Lipinski definition) is 3. The maximum absolute atomic E-state index is 11.6. The van der Waals surface area contributed by atoms with E-state index in [1.165, 1.54) is 11.7 Å². The second-order valence-electron chi connectivity index (χ2n) is 3.46. The number of carbonyl (C=O) groups is 1. The Labute approximate surface area is 107 Å². The number of hydrogen-bond donors (Lipinski definition) is 0. The van der Waals surface area contributed by atoms with Gasteiger partial charge in [-0.25, -0.2) is 4.79 Å². The van der Waals surface area contributed by atoms with Gasteiger partial charge in [0.2, 0.25) is 0 Å². The zero-order valence-electron chi connectivity index (χ0n) is 9.11. The fourth-order valence-corrected chi connectivity index (χ4v) is 2.40. The lowest BCUT2D eigenvalue weighted by atomic mass is 10.1. The van der Waals surface area contributed by atoms with Crippen molar-refractivity contribution in [3.05, 3.63) is 34.4 Å². The Balaban J connectivity index is 2.76. The summed E-state index contributed by atoms with van der Waals surface area (Å²) in [6.45, 7) is 0. The lowest BCUT2D eigenvalue weighted by molar-refractivity contribution is 0.174. The Morgan fingerprint density at radius 3 is 3.00 bits per heavy atom. The van der Waals surface area contributed by atoms with Gasteiger partial charge in [0, 0.05) is 16.1 Å². The monoisotopic (exact) mass is 292 g/mol. The number of benzene rings is 1. The number of carbonyl (C=O) groups excluding carboxylic acids is 1. The van der Waals surface area contributed by atoms with Gasteiger partial charge in [-0.2, -0.15) is 5.26 Å². The highest BCUT2D eigenvalue weighted by Crippen LogP contribution is 2.29. The summed E-state index contributed by atoms with van der Waals surface area (Å²) in [5, 5.41) is 9.66. The van der Waals surface area contributed by atoms with E-state index < -0.39 is 6.09 Å². The minimum Gasteiger partial charge on any atom is -0.452 e. The summed E-state index contributed by atoms with van der Waals surface area (Å²) in [6, 6.07) is 7.62. The number of fused-ring (bicyclic) bond motifs is 1. The Kier molecular flexibility index (Phi) is 3.16. The lowest BCUT2D eigenvalue weighted by Crippen LogP contribution is -2.09. The molecule has 86 valence electrons. The predicted molar refractivity (Wildman–Crippen MR) is 66.8 cm³/mol. The standard InChI is InChI=1S/C12H9BrN2O2/c1-17-12(16)15-7-8(5-6-14)11-9(13)3-2-4-10(11)15/h2-4,7H,5H2,1H3. The van der Waals surface area contributed by atoms with Gasteiger partial charge in [0.05, 0.1) is 25.1 Å². The maximum atomic E-state index is 11.6. The average molecular weight is 293 g/mol. The number of rotatable bonds is 1. The molecule has 0 N–H and O–H groups in total. The fourth-order valence-electron chi connectivity index (χ4n) is 1.79. The molecule has 17 heavy (non-hydrogen) atoms. The van der Waals surface area contributed by atoms with E-state index in [4.69, 9.17) is 10.00 Å². The van der Waals surface area contributed by atoms with Gasteiger partial charge in [0.1, 0.15) is 0 Å². The zero-order chi connectivity index (χ0) is 12.4. The summed E-state index contributed by atoms with van der Waals surface area (Å²) >= 11 is 3.43. The molecule has 2 aromatic rings. The average Bonchev–Trinajstić information content (AvgIpc) is 2.69. The molecule has 2 rings (SSSR count). The molecule has 0 amide bonds. The zero-order valence-corrected chi connectivity index (χ0v) is 10.7. The molecule has 0 aliphatic heterocycles. The topological polar surface area (TPSA) is 55.0 Å². The molecule has 0 aliphatic carbocycles. The summed E-state index contributed by atoms with van der Waals surface area (Å²) < 4.78 is 6.97. The summed E-state index contributed by atoms with van der Waals surface area (Å²) in [4.78, 5) is 11.6. The van der Waals surface area contributed by atoms with Crippen molar-refractivity contribution in [3.63, 3.8) is 0 Å². The number of halogens is 1. The molecule has 0 saturated carbocycles. The van der Waals surface area contributed by atoms with E-state index in [0.29, 0.717) is 0 Å². The van der Waals surface area contributed by atoms with Crippen LogP contribution in [0.25, 0.3) is 10.9 Å². The molecule has 4 nitrogen and oxygen atoms in total. The van der Waals surface area contributed by atoms with Crippen LogP contribution in [-0.4, -0.2) is 17.8 Å². The highest BCUT2D eigenvalue weighted by molar-refractivity contribution is 9.10. The molecule has 5 heteroatoms. The van der Waals surface area contributed by atoms with Crippen molar-refractivity contribution in [2.24, 2.45) is 0 Å². The molecule has 0 fully saturated rings. The van der Waals surface area contributed by atoms with Crippen LogP contribution >= 0.6 is 15.9 Å². The van der Waals surface area contributed by atoms with Crippen molar-refractivity contribution >= 4 is 32.9 Å². The van der Waals surface area contributed by atoms with Gasteiger partial charge in [-0.1, -0.05) is 22.0 Å². The first-order valence-corrected chi connectivity index (χ1v) is 5.72. The van der Waals surface area contributed by atoms with Crippen molar-refractivity contribution in [2.45, 2.75) is 6.42 Å². The van der Waals surface area contributed by atoms with Gasteiger partial charge in [0.15, 0.2) is 0 Å². The van der Waals surface area contributed by atoms with E-state index >= 15 is 0 Å². The fraction of sp³-hybridized carbons (Fsp3) is 0.167. The van der Waals surface area contributed by atoms with Gasteiger partial charge in [-0.3, -0.25) is 4.57 Å². The first-order chi connectivity index (χ1) is 8.19. The highest BCUT2D eigenvalue weighted by Gasteiger charge is 2.15. The van der Waals surface area contributed by atoms with Crippen molar-refractivity contribution < 1.29 is 9.53 Å². The van der Waals surface area contributed by atoms with Crippen LogP contribution in [0.3, 0.4) is 0 Å². The van der Waals surface area contributed by atoms with Crippen molar-refractivity contribution in [3.8, 4) is 6.07 Å². The van der Waals surface area contributed by atoms with Gasteiger partial charge in [-0.15, -0.1) is 0 Å². The molecule has 0 radical (unpaired) electrons. The maximum Gasteiger partial charge on any atom is 0.418 e. The molecule has 0 atom stereocenters. The van der Waals surface area contributed by atoms with Crippen LogP contribution in [0.15, 0.2) is 28.9 Å². The number of nitriles is 1. The summed E-state index contributed by atoms with van der Waals surface area (Å²) in [7, 11) is 1.33. The van der Waals surface area contributed by atoms with Crippen molar-refractivity contribution in [1.82, 2.24) is 4.57 Å². The normalized spacial score (nSPS) is 10.2. The quantitative estimate of drug-likeness (QED) is 0.812. The smallest absolute Gasteiger partial charge is 0.418 e. The van der Waals surface area contributed by atoms with Crippen molar-refractivity contribution in [2.75, 3.05) is 7.11 Å². The largest absolute Gasteiger partial charge is 0.452 e. The molecule has 0 bridgehead atoms. The Bertz CT molecular complexity index is 625. The molecule has 0 spiro atoms. The van der Waals surface area contributed by atoms with E-state index in [2.05, 4.69) is 22.0 Å². The number of nitrogens with zero attached hydrogens (tertiary/aromatic N) is 2. The van der Waals surface area contributed by atoms with Gasteiger partial charge >= 0.3 is 6.09 Å². The molecular formula is C12H9BrN2O2. The van der Waals surface area contributed by atoms with Crippen LogP contribution < -0.4 is 0 Å². The summed E-state index contributed by atoms with van der Waals surface area (Å²) in [6.07, 6.45) is 1.44. The summed E-state index contributed by atoms with van der Waals surface area (Å²) in [5.41, 5.74) is 1.54. The van der Waals surface area contributed by atoms with E-state index in [1.807, 2.05) is 18.2 Å². The van der Waals surface area contributed by atoms with Crippen LogP contribution in [-0.2, 0) is 11.2 Å². The Hall–Kier alpha value is -1.80. The first kappa shape index (κ1) is 11.7. The summed E-state index contributed by atoms with van der Waals surface area (Å²) in [5.74, 6) is 0. The number of ether oxygens (including phenoxy) is 1. The second kappa shape index (κ2) is 4.60. The van der Waals surface area contributed by atoms with E-state index in [1.54, 1.807) is 6.20 Å². The molecule has 0 aliphatic rings. The van der Waals surface area contributed by atoms with Crippen LogP contribution in [0, 0.1) is 11.3 Å². The van der Waals surface area contributed by atoms with Crippen LogP contribution in [0.1, 0.15) is 5.56 Å². The molecule has 0 saturated heterocycles. The lowest BCUT2D eigenvalue weighted by Gasteiger charge is -2.01.